The minimum atomic E-state index is -0.465. The van der Waals surface area contributed by atoms with Crippen molar-refractivity contribution in [2.45, 2.75) is 37.8 Å². The van der Waals surface area contributed by atoms with Crippen LogP contribution in [0.2, 0.25) is 0 Å². The molecule has 1 aromatic rings. The fourth-order valence-electron chi connectivity index (χ4n) is 2.35. The third-order valence-corrected chi connectivity index (χ3v) is 3.30. The quantitative estimate of drug-likeness (QED) is 0.653. The van der Waals surface area contributed by atoms with Gasteiger partial charge in [0.05, 0.1) is 11.0 Å². The summed E-state index contributed by atoms with van der Waals surface area (Å²) in [6.07, 6.45) is 4.52. The Balaban J connectivity index is 2.14. The lowest BCUT2D eigenvalue weighted by Crippen LogP contribution is -2.29. The van der Waals surface area contributed by atoms with Crippen molar-refractivity contribution in [2.75, 3.05) is 0 Å². The van der Waals surface area contributed by atoms with E-state index in [0.717, 1.165) is 12.8 Å². The van der Waals surface area contributed by atoms with Gasteiger partial charge in [0.25, 0.3) is 5.69 Å². The maximum absolute atomic E-state index is 10.7. The van der Waals surface area contributed by atoms with Gasteiger partial charge >= 0.3 is 0 Å². The smallest absolute Gasteiger partial charge is 0.269 e. The highest BCUT2D eigenvalue weighted by Gasteiger charge is 2.21. The number of nitrogens with one attached hydrogen (secondary N) is 1. The van der Waals surface area contributed by atoms with E-state index in [1.807, 2.05) is 0 Å². The van der Waals surface area contributed by atoms with Gasteiger partial charge in [0.15, 0.2) is 0 Å². The van der Waals surface area contributed by atoms with E-state index in [0.29, 0.717) is 11.6 Å². The summed E-state index contributed by atoms with van der Waals surface area (Å²) in [6.45, 7) is 0. The summed E-state index contributed by atoms with van der Waals surface area (Å²) in [7, 11) is 0. The molecule has 1 aromatic carbocycles. The Morgan fingerprint density at radius 2 is 2.17 bits per heavy atom. The van der Waals surface area contributed by atoms with Gasteiger partial charge in [0.2, 0.25) is 0 Å². The largest absolute Gasteiger partial charge is 0.295 e. The molecule has 0 aromatic heterocycles. The van der Waals surface area contributed by atoms with Crippen LogP contribution in [-0.4, -0.2) is 11.0 Å². The summed E-state index contributed by atoms with van der Waals surface area (Å²) in [4.78, 5) is 10.3. The molecule has 0 amide bonds. The van der Waals surface area contributed by atoms with Crippen LogP contribution in [0.25, 0.3) is 0 Å². The van der Waals surface area contributed by atoms with E-state index in [4.69, 9.17) is 0 Å². The number of nitriles is 1. The molecule has 1 saturated carbocycles. The van der Waals surface area contributed by atoms with E-state index in [9.17, 15) is 15.4 Å². The van der Waals surface area contributed by atoms with Crippen molar-refractivity contribution in [2.24, 2.45) is 0 Å². The monoisotopic (exact) mass is 245 g/mol. The molecule has 1 unspecified atom stereocenters. The summed E-state index contributed by atoms with van der Waals surface area (Å²) in [5.74, 6) is 0. The van der Waals surface area contributed by atoms with Crippen LogP contribution in [0.3, 0.4) is 0 Å². The number of nitro groups is 1. The number of hydrogen-bond donors (Lipinski definition) is 1. The van der Waals surface area contributed by atoms with Gasteiger partial charge in [-0.25, -0.2) is 0 Å². The lowest BCUT2D eigenvalue weighted by Gasteiger charge is -2.17. The van der Waals surface area contributed by atoms with Crippen LogP contribution in [0.4, 0.5) is 5.69 Å². The molecule has 94 valence electrons. The van der Waals surface area contributed by atoms with Gasteiger partial charge in [-0.15, -0.1) is 0 Å². The number of nitro benzene ring substituents is 1. The molecule has 0 heterocycles. The Labute approximate surface area is 106 Å². The van der Waals surface area contributed by atoms with Crippen molar-refractivity contribution >= 4 is 5.69 Å². The predicted octanol–water partition coefficient (Wildman–Crippen LogP) is 2.69. The highest BCUT2D eigenvalue weighted by Crippen LogP contribution is 2.23. The molecular formula is C13H15N3O2. The summed E-state index contributed by atoms with van der Waals surface area (Å²) in [6, 6.07) is 8.35. The number of non-ortho nitro benzene ring substituents is 1. The van der Waals surface area contributed by atoms with Crippen LogP contribution >= 0.6 is 0 Å². The molecule has 0 aliphatic heterocycles. The highest BCUT2D eigenvalue weighted by molar-refractivity contribution is 5.37. The van der Waals surface area contributed by atoms with Gasteiger partial charge in [-0.2, -0.15) is 5.26 Å². The molecule has 2 rings (SSSR count). The van der Waals surface area contributed by atoms with Gasteiger partial charge in [-0.05, 0) is 18.4 Å². The van der Waals surface area contributed by atoms with Crippen molar-refractivity contribution < 1.29 is 4.92 Å². The van der Waals surface area contributed by atoms with Gasteiger partial charge in [-0.1, -0.05) is 25.0 Å². The average Bonchev–Trinajstić information content (AvgIpc) is 2.89. The Morgan fingerprint density at radius 1 is 1.44 bits per heavy atom. The number of hydrogen-bond acceptors (Lipinski definition) is 4. The lowest BCUT2D eigenvalue weighted by molar-refractivity contribution is -0.384. The van der Waals surface area contributed by atoms with Crippen LogP contribution in [0.5, 0.6) is 0 Å². The van der Waals surface area contributed by atoms with E-state index in [-0.39, 0.29) is 5.69 Å². The average molecular weight is 245 g/mol. The first-order valence-corrected chi connectivity index (χ1v) is 6.10. The molecule has 1 N–H and O–H groups in total. The third kappa shape index (κ3) is 2.84. The number of benzene rings is 1. The fourth-order valence-corrected chi connectivity index (χ4v) is 2.35. The number of rotatable bonds is 4. The molecule has 18 heavy (non-hydrogen) atoms. The molecule has 5 heteroatoms. The molecule has 1 atom stereocenters. The molecule has 1 aliphatic carbocycles. The van der Waals surface area contributed by atoms with E-state index in [1.54, 1.807) is 12.1 Å². The van der Waals surface area contributed by atoms with Gasteiger partial charge < -0.3 is 0 Å². The van der Waals surface area contributed by atoms with E-state index in [1.165, 1.54) is 25.0 Å². The summed E-state index contributed by atoms with van der Waals surface area (Å²) in [5.41, 5.74) is 0.694. The molecule has 1 fully saturated rings. The Bertz CT molecular complexity index is 475. The first kappa shape index (κ1) is 12.5. The van der Waals surface area contributed by atoms with Crippen LogP contribution in [0.15, 0.2) is 24.3 Å². The summed E-state index contributed by atoms with van der Waals surface area (Å²) < 4.78 is 0. The summed E-state index contributed by atoms with van der Waals surface area (Å²) in [5, 5.41) is 23.2. The van der Waals surface area contributed by atoms with Crippen LogP contribution in [-0.2, 0) is 0 Å². The Morgan fingerprint density at radius 3 is 2.78 bits per heavy atom. The van der Waals surface area contributed by atoms with Crippen molar-refractivity contribution in [3.8, 4) is 6.07 Å². The first-order valence-electron chi connectivity index (χ1n) is 6.10. The maximum atomic E-state index is 10.7. The SMILES string of the molecule is N#CC(NC1CCCC1)c1cccc([N+](=O)[O-])c1. The van der Waals surface area contributed by atoms with E-state index < -0.39 is 11.0 Å². The zero-order valence-corrected chi connectivity index (χ0v) is 10.0. The van der Waals surface area contributed by atoms with Crippen molar-refractivity contribution in [3.63, 3.8) is 0 Å². The molecule has 1 aliphatic rings. The van der Waals surface area contributed by atoms with E-state index >= 15 is 0 Å². The molecule has 0 saturated heterocycles. The van der Waals surface area contributed by atoms with Crippen LogP contribution in [0.1, 0.15) is 37.3 Å². The van der Waals surface area contributed by atoms with Crippen molar-refractivity contribution in [1.29, 1.82) is 5.26 Å². The molecule has 5 nitrogen and oxygen atoms in total. The second kappa shape index (κ2) is 5.61. The minimum Gasteiger partial charge on any atom is -0.295 e. The van der Waals surface area contributed by atoms with Crippen LogP contribution in [0, 0.1) is 21.4 Å². The lowest BCUT2D eigenvalue weighted by atomic mass is 10.1. The maximum Gasteiger partial charge on any atom is 0.269 e. The Hall–Kier alpha value is -1.93. The highest BCUT2D eigenvalue weighted by atomic mass is 16.6. The molecule has 0 spiro atoms. The Kier molecular flexibility index (Phi) is 3.90. The normalized spacial score (nSPS) is 17.3. The van der Waals surface area contributed by atoms with Gasteiger partial charge in [0.1, 0.15) is 6.04 Å². The van der Waals surface area contributed by atoms with Gasteiger partial charge in [0, 0.05) is 18.2 Å². The number of nitrogens with zero attached hydrogens (tertiary/aromatic N) is 2. The molecule has 0 bridgehead atoms. The van der Waals surface area contributed by atoms with Crippen LogP contribution < -0.4 is 5.32 Å². The minimum absolute atomic E-state index is 0.0287. The zero-order valence-electron chi connectivity index (χ0n) is 10.0. The third-order valence-electron chi connectivity index (χ3n) is 3.30. The zero-order chi connectivity index (χ0) is 13.0. The standard InChI is InChI=1S/C13H15N3O2/c14-9-13(15-11-5-1-2-6-11)10-4-3-7-12(8-10)16(17)18/h3-4,7-8,11,13,15H,1-2,5-6H2. The second-order valence-corrected chi connectivity index (χ2v) is 4.56. The first-order chi connectivity index (χ1) is 8.70. The second-order valence-electron chi connectivity index (χ2n) is 4.56. The molecule has 0 radical (unpaired) electrons. The van der Waals surface area contributed by atoms with Crippen molar-refractivity contribution in [1.82, 2.24) is 5.32 Å². The topological polar surface area (TPSA) is 79.0 Å². The van der Waals surface area contributed by atoms with Gasteiger partial charge in [-0.3, -0.25) is 15.4 Å². The summed E-state index contributed by atoms with van der Waals surface area (Å²) >= 11 is 0. The molecular weight excluding hydrogens is 230 g/mol. The predicted molar refractivity (Wildman–Crippen MR) is 66.8 cm³/mol. The van der Waals surface area contributed by atoms with Crippen molar-refractivity contribution in [3.05, 3.63) is 39.9 Å². The fraction of sp³-hybridized carbons (Fsp3) is 0.462. The van der Waals surface area contributed by atoms with E-state index in [2.05, 4.69) is 11.4 Å².